The van der Waals surface area contributed by atoms with Crippen LogP contribution in [-0.2, 0) is 9.09 Å². The summed E-state index contributed by atoms with van der Waals surface area (Å²) >= 11 is 0. The molecule has 0 spiro atoms. The van der Waals surface area contributed by atoms with E-state index in [0.29, 0.717) is 0 Å². The predicted molar refractivity (Wildman–Crippen MR) is 59.7 cm³/mol. The van der Waals surface area contributed by atoms with Crippen LogP contribution in [0.25, 0.3) is 0 Å². The minimum absolute atomic E-state index is 0.0996. The van der Waals surface area contributed by atoms with E-state index in [0.717, 1.165) is 12.8 Å². The van der Waals surface area contributed by atoms with Crippen LogP contribution in [0.3, 0.4) is 0 Å². The average molecular weight is 222 g/mol. The Morgan fingerprint density at radius 2 is 1.86 bits per heavy atom. The standard InChI is InChI=1S/C10H23O3P/c1-4-5-6-7-8-9-10(2)13-14(3,11)12/h10H,4-9H2,1-3H3,(H,11,12). The zero-order valence-corrected chi connectivity index (χ0v) is 10.4. The van der Waals surface area contributed by atoms with E-state index in [1.807, 2.05) is 6.92 Å². The van der Waals surface area contributed by atoms with E-state index >= 15 is 0 Å². The molecule has 0 aromatic heterocycles. The summed E-state index contributed by atoms with van der Waals surface area (Å²) in [7, 11) is -3.28. The van der Waals surface area contributed by atoms with Crippen LogP contribution in [0.5, 0.6) is 0 Å². The molecule has 86 valence electrons. The van der Waals surface area contributed by atoms with Gasteiger partial charge in [0.05, 0.1) is 6.10 Å². The number of hydrogen-bond donors (Lipinski definition) is 1. The molecule has 1 N–H and O–H groups in total. The smallest absolute Gasteiger partial charge is 0.324 e. The van der Waals surface area contributed by atoms with Crippen LogP contribution in [0.1, 0.15) is 52.4 Å². The van der Waals surface area contributed by atoms with Gasteiger partial charge < -0.3 is 9.42 Å². The van der Waals surface area contributed by atoms with Gasteiger partial charge in [-0.3, -0.25) is 4.57 Å². The zero-order chi connectivity index (χ0) is 11.0. The molecule has 0 aromatic rings. The summed E-state index contributed by atoms with van der Waals surface area (Å²) in [6.45, 7) is 5.28. The minimum Gasteiger partial charge on any atom is -0.324 e. The monoisotopic (exact) mass is 222 g/mol. The van der Waals surface area contributed by atoms with Crippen molar-refractivity contribution in [1.29, 1.82) is 0 Å². The van der Waals surface area contributed by atoms with Gasteiger partial charge in [0, 0.05) is 6.66 Å². The lowest BCUT2D eigenvalue weighted by Crippen LogP contribution is -2.05. The Balaban J connectivity index is 3.36. The Hall–Kier alpha value is 0.150. The largest absolute Gasteiger partial charge is 0.325 e. The van der Waals surface area contributed by atoms with Crippen molar-refractivity contribution in [2.75, 3.05) is 6.66 Å². The second-order valence-electron chi connectivity index (χ2n) is 3.92. The summed E-state index contributed by atoms with van der Waals surface area (Å²) in [6, 6.07) is 0. The predicted octanol–water partition coefficient (Wildman–Crippen LogP) is 3.57. The van der Waals surface area contributed by atoms with Crippen molar-refractivity contribution in [3.63, 3.8) is 0 Å². The summed E-state index contributed by atoms with van der Waals surface area (Å²) in [5, 5.41) is 0. The van der Waals surface area contributed by atoms with Crippen molar-refractivity contribution in [3.05, 3.63) is 0 Å². The Kier molecular flexibility index (Phi) is 7.52. The summed E-state index contributed by atoms with van der Waals surface area (Å²) in [5.41, 5.74) is 0. The van der Waals surface area contributed by atoms with Crippen molar-refractivity contribution >= 4 is 7.60 Å². The molecule has 0 aliphatic carbocycles. The van der Waals surface area contributed by atoms with Gasteiger partial charge in [-0.1, -0.05) is 39.0 Å². The summed E-state index contributed by atoms with van der Waals surface area (Å²) in [6.07, 6.45) is 6.84. The van der Waals surface area contributed by atoms with Gasteiger partial charge in [0.1, 0.15) is 0 Å². The maximum atomic E-state index is 10.9. The molecule has 4 heteroatoms. The van der Waals surface area contributed by atoms with E-state index in [9.17, 15) is 4.57 Å². The molecule has 0 saturated carbocycles. The van der Waals surface area contributed by atoms with Gasteiger partial charge in [0.25, 0.3) is 0 Å². The Labute approximate surface area is 87.4 Å². The van der Waals surface area contributed by atoms with Crippen molar-refractivity contribution in [2.45, 2.75) is 58.5 Å². The van der Waals surface area contributed by atoms with Crippen molar-refractivity contribution < 1.29 is 14.0 Å². The van der Waals surface area contributed by atoms with E-state index < -0.39 is 7.60 Å². The quantitative estimate of drug-likeness (QED) is 0.504. The molecule has 0 aliphatic rings. The summed E-state index contributed by atoms with van der Waals surface area (Å²) < 4.78 is 15.8. The highest BCUT2D eigenvalue weighted by Crippen LogP contribution is 2.38. The zero-order valence-electron chi connectivity index (χ0n) is 9.53. The molecule has 0 saturated heterocycles. The number of hydrogen-bond acceptors (Lipinski definition) is 2. The molecular weight excluding hydrogens is 199 g/mol. The maximum Gasteiger partial charge on any atom is 0.325 e. The normalized spacial score (nSPS) is 17.7. The van der Waals surface area contributed by atoms with Gasteiger partial charge in [-0.2, -0.15) is 0 Å². The molecule has 0 radical (unpaired) electrons. The van der Waals surface area contributed by atoms with Gasteiger partial charge in [0.15, 0.2) is 0 Å². The topological polar surface area (TPSA) is 46.5 Å². The molecule has 2 atom stereocenters. The molecule has 0 fully saturated rings. The third kappa shape index (κ3) is 10.2. The van der Waals surface area contributed by atoms with Gasteiger partial charge in [-0.15, -0.1) is 0 Å². The molecule has 0 aliphatic heterocycles. The second kappa shape index (κ2) is 7.44. The summed E-state index contributed by atoms with van der Waals surface area (Å²) in [5.74, 6) is 0. The first-order chi connectivity index (χ1) is 6.45. The van der Waals surface area contributed by atoms with Crippen LogP contribution in [0.4, 0.5) is 0 Å². The van der Waals surface area contributed by atoms with Gasteiger partial charge in [-0.25, -0.2) is 0 Å². The third-order valence-electron chi connectivity index (χ3n) is 2.09. The van der Waals surface area contributed by atoms with E-state index in [1.54, 1.807) is 0 Å². The van der Waals surface area contributed by atoms with E-state index in [2.05, 4.69) is 6.92 Å². The van der Waals surface area contributed by atoms with Crippen LogP contribution >= 0.6 is 7.60 Å². The first kappa shape index (κ1) is 14.2. The van der Waals surface area contributed by atoms with Crippen LogP contribution < -0.4 is 0 Å². The summed E-state index contributed by atoms with van der Waals surface area (Å²) in [4.78, 5) is 8.96. The highest BCUT2D eigenvalue weighted by atomic mass is 31.2. The van der Waals surface area contributed by atoms with E-state index in [-0.39, 0.29) is 6.10 Å². The molecular formula is C10H23O3P. The van der Waals surface area contributed by atoms with Gasteiger partial charge in [-0.05, 0) is 13.3 Å². The van der Waals surface area contributed by atoms with E-state index in [1.165, 1.54) is 32.3 Å². The number of unbranched alkanes of at least 4 members (excludes halogenated alkanes) is 4. The fraction of sp³-hybridized carbons (Fsp3) is 1.00. The molecule has 0 amide bonds. The Morgan fingerprint density at radius 1 is 1.29 bits per heavy atom. The van der Waals surface area contributed by atoms with Crippen LogP contribution in [0.2, 0.25) is 0 Å². The first-order valence-electron chi connectivity index (χ1n) is 5.44. The van der Waals surface area contributed by atoms with Crippen LogP contribution in [0.15, 0.2) is 0 Å². The number of rotatable bonds is 8. The highest BCUT2D eigenvalue weighted by Gasteiger charge is 2.14. The lowest BCUT2D eigenvalue weighted by Gasteiger charge is -2.14. The Bertz CT molecular complexity index is 176. The minimum atomic E-state index is -3.28. The molecule has 0 bridgehead atoms. The molecule has 3 nitrogen and oxygen atoms in total. The van der Waals surface area contributed by atoms with Crippen molar-refractivity contribution in [2.24, 2.45) is 0 Å². The molecule has 0 aromatic carbocycles. The van der Waals surface area contributed by atoms with E-state index in [4.69, 9.17) is 9.42 Å². The fourth-order valence-electron chi connectivity index (χ4n) is 1.42. The third-order valence-corrected chi connectivity index (χ3v) is 2.84. The maximum absolute atomic E-state index is 10.9. The molecule has 0 rings (SSSR count). The lowest BCUT2D eigenvalue weighted by molar-refractivity contribution is 0.180. The molecule has 14 heavy (non-hydrogen) atoms. The Morgan fingerprint density at radius 3 is 2.36 bits per heavy atom. The lowest BCUT2D eigenvalue weighted by atomic mass is 10.1. The van der Waals surface area contributed by atoms with Gasteiger partial charge in [0.2, 0.25) is 0 Å². The SMILES string of the molecule is CCCCCCCC(C)OP(C)(=O)O. The second-order valence-corrected chi connectivity index (χ2v) is 5.74. The molecule has 0 heterocycles. The van der Waals surface area contributed by atoms with Crippen LogP contribution in [-0.4, -0.2) is 17.7 Å². The van der Waals surface area contributed by atoms with Crippen molar-refractivity contribution in [1.82, 2.24) is 0 Å². The van der Waals surface area contributed by atoms with Gasteiger partial charge >= 0.3 is 7.60 Å². The molecule has 2 unspecified atom stereocenters. The first-order valence-corrected chi connectivity index (χ1v) is 7.47. The van der Waals surface area contributed by atoms with Crippen LogP contribution in [0, 0.1) is 0 Å². The fourth-order valence-corrected chi connectivity index (χ4v) is 2.20. The highest BCUT2D eigenvalue weighted by molar-refractivity contribution is 7.51. The average Bonchev–Trinajstić information content (AvgIpc) is 2.00. The van der Waals surface area contributed by atoms with Crippen molar-refractivity contribution in [3.8, 4) is 0 Å².